The summed E-state index contributed by atoms with van der Waals surface area (Å²) in [6.07, 6.45) is 1.36. The molecule has 1 aliphatic rings. The maximum absolute atomic E-state index is 14.0. The molecule has 0 saturated heterocycles. The Hall–Kier alpha value is -3.77. The number of hydrogen-bond acceptors (Lipinski definition) is 7. The van der Waals surface area contributed by atoms with E-state index in [1.54, 1.807) is 22.9 Å². The molecule has 0 fully saturated rings. The van der Waals surface area contributed by atoms with E-state index < -0.39 is 18.1 Å². The first-order valence-corrected chi connectivity index (χ1v) is 14.5. The van der Waals surface area contributed by atoms with Gasteiger partial charge in [-0.05, 0) is 56.2 Å². The molecule has 3 aromatic rings. The predicted molar refractivity (Wildman–Crippen MR) is 158 cm³/mol. The summed E-state index contributed by atoms with van der Waals surface area (Å²) in [7, 11) is 1.83. The fourth-order valence-electron chi connectivity index (χ4n) is 5.22. The normalized spacial score (nSPS) is 18.3. The molecular formula is C32H40FN3O7. The van der Waals surface area contributed by atoms with Gasteiger partial charge in [0.05, 0.1) is 32.1 Å². The zero-order chi connectivity index (χ0) is 30.8. The zero-order valence-corrected chi connectivity index (χ0v) is 24.8. The van der Waals surface area contributed by atoms with Crippen LogP contribution in [0.4, 0.5) is 4.39 Å². The number of aliphatic hydroxyl groups is 1. The first kappa shape index (κ1) is 32.2. The van der Waals surface area contributed by atoms with Crippen LogP contribution in [0.2, 0.25) is 0 Å². The standard InChI is InChI=1S/C32H40FN3O7/c1-4-42-32-26(14-16-40-18-19-41-17-15-37)27(20-28(43-32)30(38)34-21-23-10-12-24(33)13-11-23)29-22(2)35(3)36(31(29)39)25-8-6-5-7-9-25/h5-13,20,26-27,32,37H,4,14-19,21H2,1-3H3,(H,34,38)/t26-,27+,32-/m0/s1. The smallest absolute Gasteiger partial charge is 0.286 e. The number of nitrogens with one attached hydrogen (secondary N) is 1. The van der Waals surface area contributed by atoms with Crippen molar-refractivity contribution in [1.82, 2.24) is 14.7 Å². The minimum atomic E-state index is -0.815. The Bertz CT molecular complexity index is 1420. The Labute approximate surface area is 250 Å². The van der Waals surface area contributed by atoms with Crippen molar-refractivity contribution >= 4 is 5.91 Å². The van der Waals surface area contributed by atoms with Gasteiger partial charge in [-0.15, -0.1) is 0 Å². The zero-order valence-electron chi connectivity index (χ0n) is 24.8. The Kier molecular flexibility index (Phi) is 11.7. The molecule has 1 aliphatic heterocycles. The SMILES string of the molecule is CCO[C@H]1OC(C(=O)NCc2ccc(F)cc2)=C[C@@H](c2c(C)n(C)n(-c3ccccc3)c2=O)[C@@H]1CCOCCOCCO. The highest BCUT2D eigenvalue weighted by molar-refractivity contribution is 5.91. The third kappa shape index (κ3) is 7.99. The molecular weight excluding hydrogens is 557 g/mol. The van der Waals surface area contributed by atoms with Gasteiger partial charge < -0.3 is 29.4 Å². The number of allylic oxidation sites excluding steroid dienone is 1. The number of hydrogen-bond donors (Lipinski definition) is 2. The molecule has 2 aromatic carbocycles. The van der Waals surface area contributed by atoms with Crippen molar-refractivity contribution in [2.45, 2.75) is 39.0 Å². The molecule has 3 atom stereocenters. The molecule has 1 aromatic heterocycles. The molecule has 232 valence electrons. The second kappa shape index (κ2) is 15.6. The summed E-state index contributed by atoms with van der Waals surface area (Å²) in [5.41, 5.74) is 2.55. The summed E-state index contributed by atoms with van der Waals surface area (Å²) in [5.74, 6) is -1.64. The number of halogens is 1. The van der Waals surface area contributed by atoms with Gasteiger partial charge in [0.2, 0.25) is 6.29 Å². The third-order valence-electron chi connectivity index (χ3n) is 7.44. The van der Waals surface area contributed by atoms with Gasteiger partial charge in [0.15, 0.2) is 5.76 Å². The highest BCUT2D eigenvalue weighted by atomic mass is 19.1. The van der Waals surface area contributed by atoms with Crippen molar-refractivity contribution in [2.24, 2.45) is 13.0 Å². The van der Waals surface area contributed by atoms with Gasteiger partial charge in [0.25, 0.3) is 11.5 Å². The van der Waals surface area contributed by atoms with Crippen LogP contribution in [0.15, 0.2) is 71.2 Å². The molecule has 0 aliphatic carbocycles. The average molecular weight is 598 g/mol. The fraction of sp³-hybridized carbons (Fsp3) is 0.438. The topological polar surface area (TPSA) is 113 Å². The van der Waals surface area contributed by atoms with E-state index in [0.29, 0.717) is 38.4 Å². The van der Waals surface area contributed by atoms with Crippen molar-refractivity contribution in [2.75, 3.05) is 39.6 Å². The Morgan fingerprint density at radius 3 is 2.42 bits per heavy atom. The molecule has 0 saturated carbocycles. The van der Waals surface area contributed by atoms with Crippen molar-refractivity contribution in [3.63, 3.8) is 0 Å². The van der Waals surface area contributed by atoms with Crippen LogP contribution in [0, 0.1) is 18.7 Å². The van der Waals surface area contributed by atoms with Crippen LogP contribution in [0.25, 0.3) is 5.69 Å². The number of benzene rings is 2. The first-order chi connectivity index (χ1) is 20.8. The number of carbonyl (C=O) groups is 1. The average Bonchev–Trinajstić information content (AvgIpc) is 3.24. The summed E-state index contributed by atoms with van der Waals surface area (Å²) < 4.78 is 39.9. The molecule has 2 heterocycles. The predicted octanol–water partition coefficient (Wildman–Crippen LogP) is 3.33. The Morgan fingerprint density at radius 1 is 1.05 bits per heavy atom. The minimum absolute atomic E-state index is 0.0500. The van der Waals surface area contributed by atoms with Gasteiger partial charge >= 0.3 is 0 Å². The van der Waals surface area contributed by atoms with Crippen LogP contribution >= 0.6 is 0 Å². The second-order valence-electron chi connectivity index (χ2n) is 10.2. The number of aromatic nitrogens is 2. The molecule has 4 rings (SSSR count). The molecule has 11 heteroatoms. The van der Waals surface area contributed by atoms with Crippen LogP contribution in [-0.2, 0) is 37.3 Å². The molecule has 1 amide bonds. The van der Waals surface area contributed by atoms with E-state index in [9.17, 15) is 14.0 Å². The van der Waals surface area contributed by atoms with Crippen molar-refractivity contribution in [1.29, 1.82) is 0 Å². The van der Waals surface area contributed by atoms with Crippen molar-refractivity contribution in [3.8, 4) is 5.69 Å². The Balaban J connectivity index is 1.66. The quantitative estimate of drug-likeness (QED) is 0.259. The van der Waals surface area contributed by atoms with Crippen molar-refractivity contribution in [3.05, 3.63) is 99.4 Å². The van der Waals surface area contributed by atoms with Gasteiger partial charge in [-0.25, -0.2) is 9.07 Å². The minimum Gasteiger partial charge on any atom is -0.459 e. The number of ether oxygens (including phenoxy) is 4. The summed E-state index contributed by atoms with van der Waals surface area (Å²) >= 11 is 0. The van der Waals surface area contributed by atoms with Gasteiger partial charge in [-0.1, -0.05) is 30.3 Å². The summed E-state index contributed by atoms with van der Waals surface area (Å²) in [4.78, 5) is 27.4. The van der Waals surface area contributed by atoms with Gasteiger partial charge in [-0.3, -0.25) is 14.3 Å². The lowest BCUT2D eigenvalue weighted by Crippen LogP contribution is -2.40. The number of aliphatic hydroxyl groups excluding tert-OH is 1. The monoisotopic (exact) mass is 597 g/mol. The molecule has 2 N–H and O–H groups in total. The molecule has 0 unspecified atom stereocenters. The summed E-state index contributed by atoms with van der Waals surface area (Å²) in [5, 5.41) is 11.7. The summed E-state index contributed by atoms with van der Waals surface area (Å²) in [6.45, 7) is 5.44. The lowest BCUT2D eigenvalue weighted by Gasteiger charge is -2.36. The largest absolute Gasteiger partial charge is 0.459 e. The lowest BCUT2D eigenvalue weighted by atomic mass is 9.81. The van der Waals surface area contributed by atoms with E-state index in [2.05, 4.69) is 5.32 Å². The van der Waals surface area contributed by atoms with E-state index in [0.717, 1.165) is 16.9 Å². The highest BCUT2D eigenvalue weighted by Crippen LogP contribution is 2.39. The van der Waals surface area contributed by atoms with E-state index in [-0.39, 0.29) is 42.8 Å². The van der Waals surface area contributed by atoms with Crippen LogP contribution < -0.4 is 10.9 Å². The van der Waals surface area contributed by atoms with Crippen LogP contribution in [0.1, 0.15) is 36.1 Å². The van der Waals surface area contributed by atoms with Crippen LogP contribution in [0.5, 0.6) is 0 Å². The molecule has 0 radical (unpaired) electrons. The number of rotatable bonds is 15. The molecule has 10 nitrogen and oxygen atoms in total. The molecule has 43 heavy (non-hydrogen) atoms. The third-order valence-corrected chi connectivity index (χ3v) is 7.44. The second-order valence-corrected chi connectivity index (χ2v) is 10.2. The number of para-hydroxylation sites is 1. The number of amides is 1. The molecule has 0 spiro atoms. The van der Waals surface area contributed by atoms with E-state index >= 15 is 0 Å². The van der Waals surface area contributed by atoms with Gasteiger partial charge in [0.1, 0.15) is 5.82 Å². The summed E-state index contributed by atoms with van der Waals surface area (Å²) in [6, 6.07) is 15.2. The first-order valence-electron chi connectivity index (χ1n) is 14.5. The van der Waals surface area contributed by atoms with Crippen LogP contribution in [0.3, 0.4) is 0 Å². The maximum Gasteiger partial charge on any atom is 0.286 e. The van der Waals surface area contributed by atoms with E-state index in [4.69, 9.17) is 24.1 Å². The Morgan fingerprint density at radius 2 is 1.74 bits per heavy atom. The maximum atomic E-state index is 14.0. The van der Waals surface area contributed by atoms with Gasteiger partial charge in [0, 0.05) is 49.9 Å². The van der Waals surface area contributed by atoms with Crippen molar-refractivity contribution < 1.29 is 33.2 Å². The van der Waals surface area contributed by atoms with E-state index in [1.165, 1.54) is 12.1 Å². The lowest BCUT2D eigenvalue weighted by molar-refractivity contribution is -0.168. The number of carbonyl (C=O) groups excluding carboxylic acids is 1. The number of nitrogens with zero attached hydrogens (tertiary/aromatic N) is 2. The van der Waals surface area contributed by atoms with E-state index in [1.807, 2.05) is 55.9 Å². The molecule has 0 bridgehead atoms. The highest BCUT2D eigenvalue weighted by Gasteiger charge is 2.41. The van der Waals surface area contributed by atoms with Gasteiger partial charge in [-0.2, -0.15) is 0 Å². The van der Waals surface area contributed by atoms with Crippen LogP contribution in [-0.4, -0.2) is 66.3 Å². The fourth-order valence-corrected chi connectivity index (χ4v) is 5.22.